The Kier molecular flexibility index (Phi) is 6.59. The summed E-state index contributed by atoms with van der Waals surface area (Å²) < 4.78 is 19.2. The summed E-state index contributed by atoms with van der Waals surface area (Å²) in [7, 11) is 0. The van der Waals surface area contributed by atoms with Gasteiger partial charge in [-0.3, -0.25) is 4.79 Å². The van der Waals surface area contributed by atoms with E-state index in [-0.39, 0.29) is 23.7 Å². The van der Waals surface area contributed by atoms with Crippen LogP contribution in [-0.2, 0) is 16.6 Å². The molecule has 5 heteroatoms. The van der Waals surface area contributed by atoms with Crippen molar-refractivity contribution in [3.05, 3.63) is 63.9 Å². The van der Waals surface area contributed by atoms with Crippen molar-refractivity contribution in [3.63, 3.8) is 0 Å². The lowest BCUT2D eigenvalue weighted by Crippen LogP contribution is -2.30. The lowest BCUT2D eigenvalue weighted by Gasteiger charge is -2.20. The van der Waals surface area contributed by atoms with E-state index in [1.807, 2.05) is 18.2 Å². The molecule has 0 saturated heterocycles. The maximum atomic E-state index is 12.8. The highest BCUT2D eigenvalue weighted by atomic mass is 79.9. The molecule has 1 amide bonds. The van der Waals surface area contributed by atoms with Crippen molar-refractivity contribution in [1.29, 1.82) is 0 Å². The monoisotopic (exact) mass is 407 g/mol. The van der Waals surface area contributed by atoms with E-state index in [0.29, 0.717) is 18.7 Å². The fourth-order valence-corrected chi connectivity index (χ4v) is 2.77. The lowest BCUT2D eigenvalue weighted by atomic mass is 9.87. The normalized spacial score (nSPS) is 11.2. The molecule has 0 aliphatic rings. The van der Waals surface area contributed by atoms with E-state index in [2.05, 4.69) is 42.0 Å². The first-order valence-electron chi connectivity index (χ1n) is 8.19. The first-order chi connectivity index (χ1) is 11.8. The van der Waals surface area contributed by atoms with Gasteiger partial charge in [0.1, 0.15) is 11.6 Å². The molecule has 0 fully saturated rings. The molecule has 0 atom stereocenters. The van der Waals surface area contributed by atoms with E-state index in [1.165, 1.54) is 17.7 Å². The summed E-state index contributed by atoms with van der Waals surface area (Å²) in [4.78, 5) is 11.9. The van der Waals surface area contributed by atoms with Gasteiger partial charge in [-0.05, 0) is 63.2 Å². The number of carbonyl (C=O) groups is 1. The van der Waals surface area contributed by atoms with Crippen molar-refractivity contribution in [3.8, 4) is 5.75 Å². The lowest BCUT2D eigenvalue weighted by molar-refractivity contribution is -0.123. The molecule has 0 aliphatic heterocycles. The molecule has 2 aromatic rings. The van der Waals surface area contributed by atoms with Crippen molar-refractivity contribution in [2.45, 2.75) is 32.6 Å². The van der Waals surface area contributed by atoms with Crippen LogP contribution in [0.5, 0.6) is 5.75 Å². The van der Waals surface area contributed by atoms with Crippen molar-refractivity contribution < 1.29 is 13.9 Å². The van der Waals surface area contributed by atoms with Gasteiger partial charge in [0.2, 0.25) is 0 Å². The number of amides is 1. The van der Waals surface area contributed by atoms with Gasteiger partial charge in [-0.1, -0.05) is 39.0 Å². The van der Waals surface area contributed by atoms with Crippen LogP contribution < -0.4 is 10.1 Å². The zero-order valence-electron chi connectivity index (χ0n) is 14.7. The molecule has 3 nitrogen and oxygen atoms in total. The molecule has 0 aliphatic carbocycles. The van der Waals surface area contributed by atoms with Gasteiger partial charge in [0, 0.05) is 6.54 Å². The number of hydrogen-bond donors (Lipinski definition) is 1. The molecule has 0 aromatic heterocycles. The Bertz CT molecular complexity index is 723. The van der Waals surface area contributed by atoms with Crippen LogP contribution >= 0.6 is 15.9 Å². The molecule has 2 aromatic carbocycles. The van der Waals surface area contributed by atoms with E-state index >= 15 is 0 Å². The van der Waals surface area contributed by atoms with E-state index < -0.39 is 0 Å². The standard InChI is InChI=1S/C20H23BrFNO2/c1-20(2,3)15-6-9-18(17(21)12-15)25-13-19(24)23-11-10-14-4-7-16(22)8-5-14/h4-9,12H,10-11,13H2,1-3H3,(H,23,24). The molecule has 1 N–H and O–H groups in total. The first kappa shape index (κ1) is 19.4. The van der Waals surface area contributed by atoms with Crippen molar-refractivity contribution in [1.82, 2.24) is 5.32 Å². The van der Waals surface area contributed by atoms with E-state index in [4.69, 9.17) is 4.74 Å². The predicted molar refractivity (Wildman–Crippen MR) is 101 cm³/mol. The Balaban J connectivity index is 1.79. The van der Waals surface area contributed by atoms with Crippen LogP contribution in [0.4, 0.5) is 4.39 Å². The molecule has 134 valence electrons. The Hall–Kier alpha value is -1.88. The first-order valence-corrected chi connectivity index (χ1v) is 8.99. The number of halogens is 2. The third-order valence-corrected chi connectivity index (χ3v) is 4.43. The molecule has 0 radical (unpaired) electrons. The number of rotatable bonds is 6. The predicted octanol–water partition coefficient (Wildman–Crippen LogP) is 4.62. The van der Waals surface area contributed by atoms with Gasteiger partial charge in [0.05, 0.1) is 4.47 Å². The van der Waals surface area contributed by atoms with Crippen LogP contribution in [-0.4, -0.2) is 19.1 Å². The van der Waals surface area contributed by atoms with E-state index in [0.717, 1.165) is 10.0 Å². The second-order valence-electron chi connectivity index (χ2n) is 6.91. The summed E-state index contributed by atoms with van der Waals surface area (Å²) in [6.45, 7) is 6.87. The molecule has 0 spiro atoms. The van der Waals surface area contributed by atoms with Crippen molar-refractivity contribution >= 4 is 21.8 Å². The third-order valence-electron chi connectivity index (χ3n) is 3.81. The van der Waals surface area contributed by atoms with Crippen LogP contribution in [0.1, 0.15) is 31.9 Å². The summed E-state index contributed by atoms with van der Waals surface area (Å²) in [6, 6.07) is 12.2. The topological polar surface area (TPSA) is 38.3 Å². The summed E-state index contributed by atoms with van der Waals surface area (Å²) >= 11 is 3.49. The Morgan fingerprint density at radius 2 is 1.84 bits per heavy atom. The van der Waals surface area contributed by atoms with Crippen LogP contribution in [0.2, 0.25) is 0 Å². The van der Waals surface area contributed by atoms with Crippen LogP contribution in [0, 0.1) is 5.82 Å². The smallest absolute Gasteiger partial charge is 0.257 e. The van der Waals surface area contributed by atoms with Gasteiger partial charge in [0.25, 0.3) is 5.91 Å². The van der Waals surface area contributed by atoms with Crippen molar-refractivity contribution in [2.24, 2.45) is 0 Å². The fourth-order valence-electron chi connectivity index (χ4n) is 2.28. The minimum absolute atomic E-state index is 0.0448. The van der Waals surface area contributed by atoms with Crippen LogP contribution in [0.15, 0.2) is 46.9 Å². The average molecular weight is 408 g/mol. The summed E-state index contributed by atoms with van der Waals surface area (Å²) in [6.07, 6.45) is 0.649. The summed E-state index contributed by atoms with van der Waals surface area (Å²) in [5.74, 6) is 0.194. The largest absolute Gasteiger partial charge is 0.483 e. The molecular formula is C20H23BrFNO2. The molecule has 2 rings (SSSR count). The number of hydrogen-bond acceptors (Lipinski definition) is 2. The zero-order chi connectivity index (χ0) is 18.4. The highest BCUT2D eigenvalue weighted by molar-refractivity contribution is 9.10. The van der Waals surface area contributed by atoms with E-state index in [1.54, 1.807) is 12.1 Å². The highest BCUT2D eigenvalue weighted by Gasteiger charge is 2.15. The van der Waals surface area contributed by atoms with Gasteiger partial charge in [-0.2, -0.15) is 0 Å². The van der Waals surface area contributed by atoms with Gasteiger partial charge in [-0.15, -0.1) is 0 Å². The maximum Gasteiger partial charge on any atom is 0.257 e. The van der Waals surface area contributed by atoms with Crippen LogP contribution in [0.25, 0.3) is 0 Å². The molecule has 0 heterocycles. The van der Waals surface area contributed by atoms with Gasteiger partial charge >= 0.3 is 0 Å². The molecule has 0 saturated carbocycles. The average Bonchev–Trinajstić information content (AvgIpc) is 2.54. The number of ether oxygens (including phenoxy) is 1. The Morgan fingerprint density at radius 1 is 1.16 bits per heavy atom. The molecule has 0 bridgehead atoms. The van der Waals surface area contributed by atoms with Gasteiger partial charge < -0.3 is 10.1 Å². The zero-order valence-corrected chi connectivity index (χ0v) is 16.3. The van der Waals surface area contributed by atoms with Crippen LogP contribution in [0.3, 0.4) is 0 Å². The second-order valence-corrected chi connectivity index (χ2v) is 7.76. The highest BCUT2D eigenvalue weighted by Crippen LogP contribution is 2.31. The fraction of sp³-hybridized carbons (Fsp3) is 0.350. The minimum Gasteiger partial charge on any atom is -0.483 e. The molecule has 0 unspecified atom stereocenters. The second kappa shape index (κ2) is 8.48. The number of carbonyl (C=O) groups excluding carboxylic acids is 1. The summed E-state index contributed by atoms with van der Waals surface area (Å²) in [5, 5.41) is 2.80. The van der Waals surface area contributed by atoms with E-state index in [9.17, 15) is 9.18 Å². The maximum absolute atomic E-state index is 12.8. The molecular weight excluding hydrogens is 385 g/mol. The number of nitrogens with one attached hydrogen (secondary N) is 1. The summed E-state index contributed by atoms with van der Waals surface area (Å²) in [5.41, 5.74) is 2.22. The SMILES string of the molecule is CC(C)(C)c1ccc(OCC(=O)NCCc2ccc(F)cc2)c(Br)c1. The van der Waals surface area contributed by atoms with Gasteiger partial charge in [0.15, 0.2) is 6.61 Å². The Labute approximate surface area is 156 Å². The quantitative estimate of drug-likeness (QED) is 0.758. The molecule has 25 heavy (non-hydrogen) atoms. The minimum atomic E-state index is -0.260. The Morgan fingerprint density at radius 3 is 2.44 bits per heavy atom. The number of benzene rings is 2. The van der Waals surface area contributed by atoms with Crippen molar-refractivity contribution in [2.75, 3.05) is 13.2 Å². The van der Waals surface area contributed by atoms with Gasteiger partial charge in [-0.25, -0.2) is 4.39 Å². The third kappa shape index (κ3) is 6.16.